The lowest BCUT2D eigenvalue weighted by atomic mass is 10.1. The molecule has 1 aromatic carbocycles. The normalized spacial score (nSPS) is 19.0. The van der Waals surface area contributed by atoms with Gasteiger partial charge in [-0.2, -0.15) is 0 Å². The van der Waals surface area contributed by atoms with Crippen LogP contribution in [0.4, 0.5) is 14.9 Å². The van der Waals surface area contributed by atoms with Gasteiger partial charge < -0.3 is 15.5 Å². The van der Waals surface area contributed by atoms with Crippen LogP contribution in [-0.2, 0) is 0 Å². The SMILES string of the molecule is CCCN1CCC(CNC(=O)Nc2ccc(F)cc2)C1. The Morgan fingerprint density at radius 2 is 2.15 bits per heavy atom. The Bertz CT molecular complexity index is 435. The van der Waals surface area contributed by atoms with E-state index in [9.17, 15) is 9.18 Å². The number of amides is 2. The van der Waals surface area contributed by atoms with E-state index in [0.717, 1.165) is 26.1 Å². The van der Waals surface area contributed by atoms with Crippen molar-refractivity contribution in [3.05, 3.63) is 30.1 Å². The molecule has 0 aromatic heterocycles. The highest BCUT2D eigenvalue weighted by Gasteiger charge is 2.21. The van der Waals surface area contributed by atoms with Crippen LogP contribution in [0.5, 0.6) is 0 Å². The maximum atomic E-state index is 12.7. The van der Waals surface area contributed by atoms with Crippen molar-refractivity contribution in [2.45, 2.75) is 19.8 Å². The molecule has 1 heterocycles. The van der Waals surface area contributed by atoms with E-state index in [-0.39, 0.29) is 11.8 Å². The molecule has 5 heteroatoms. The monoisotopic (exact) mass is 279 g/mol. The Morgan fingerprint density at radius 1 is 1.40 bits per heavy atom. The standard InChI is InChI=1S/C15H22FN3O/c1-2-8-19-9-7-12(11-19)10-17-15(20)18-14-5-3-13(16)4-6-14/h3-6,12H,2,7-11H2,1H3,(H2,17,18,20). The first kappa shape index (κ1) is 14.8. The summed E-state index contributed by atoms with van der Waals surface area (Å²) in [5.74, 6) is 0.221. The van der Waals surface area contributed by atoms with Crippen LogP contribution >= 0.6 is 0 Å². The molecule has 0 radical (unpaired) electrons. The van der Waals surface area contributed by atoms with Crippen molar-refractivity contribution in [3.63, 3.8) is 0 Å². The van der Waals surface area contributed by atoms with Gasteiger partial charge in [0.15, 0.2) is 0 Å². The summed E-state index contributed by atoms with van der Waals surface area (Å²) in [4.78, 5) is 14.2. The summed E-state index contributed by atoms with van der Waals surface area (Å²) in [6.45, 7) is 6.19. The minimum absolute atomic E-state index is 0.231. The summed E-state index contributed by atoms with van der Waals surface area (Å²) in [6.07, 6.45) is 2.31. The Balaban J connectivity index is 1.69. The third-order valence-corrected chi connectivity index (χ3v) is 3.56. The molecule has 0 saturated carbocycles. The number of likely N-dealkylation sites (tertiary alicyclic amines) is 1. The lowest BCUT2D eigenvalue weighted by molar-refractivity contribution is 0.249. The summed E-state index contributed by atoms with van der Waals surface area (Å²) in [7, 11) is 0. The Hall–Kier alpha value is -1.62. The van der Waals surface area contributed by atoms with Gasteiger partial charge in [0.05, 0.1) is 0 Å². The van der Waals surface area contributed by atoms with Gasteiger partial charge in [-0.3, -0.25) is 0 Å². The fourth-order valence-electron chi connectivity index (χ4n) is 2.54. The molecule has 1 atom stereocenters. The highest BCUT2D eigenvalue weighted by molar-refractivity contribution is 5.89. The van der Waals surface area contributed by atoms with E-state index >= 15 is 0 Å². The molecular weight excluding hydrogens is 257 g/mol. The molecule has 1 unspecified atom stereocenters. The Kier molecular flexibility index (Phi) is 5.35. The Labute approximate surface area is 119 Å². The van der Waals surface area contributed by atoms with E-state index in [0.29, 0.717) is 18.2 Å². The van der Waals surface area contributed by atoms with Crippen LogP contribution in [0.1, 0.15) is 19.8 Å². The fourth-order valence-corrected chi connectivity index (χ4v) is 2.54. The summed E-state index contributed by atoms with van der Waals surface area (Å²) in [6, 6.07) is 5.52. The molecule has 4 nitrogen and oxygen atoms in total. The lowest BCUT2D eigenvalue weighted by Gasteiger charge is -2.15. The van der Waals surface area contributed by atoms with Crippen molar-refractivity contribution in [2.24, 2.45) is 5.92 Å². The number of halogens is 1. The minimum Gasteiger partial charge on any atom is -0.338 e. The quantitative estimate of drug-likeness (QED) is 0.870. The highest BCUT2D eigenvalue weighted by atomic mass is 19.1. The second-order valence-corrected chi connectivity index (χ2v) is 5.30. The molecule has 0 spiro atoms. The molecule has 2 amide bonds. The maximum absolute atomic E-state index is 12.7. The smallest absolute Gasteiger partial charge is 0.319 e. The summed E-state index contributed by atoms with van der Waals surface area (Å²) in [5.41, 5.74) is 0.600. The van der Waals surface area contributed by atoms with E-state index in [1.165, 1.54) is 18.6 Å². The molecule has 110 valence electrons. The van der Waals surface area contributed by atoms with Crippen LogP contribution in [0.2, 0.25) is 0 Å². The number of benzene rings is 1. The first-order valence-electron chi connectivity index (χ1n) is 7.20. The molecule has 2 N–H and O–H groups in total. The number of carbonyl (C=O) groups is 1. The van der Waals surface area contributed by atoms with Gasteiger partial charge in [0, 0.05) is 18.8 Å². The molecular formula is C15H22FN3O. The number of anilines is 1. The summed E-state index contributed by atoms with van der Waals surface area (Å²) in [5, 5.41) is 5.58. The zero-order chi connectivity index (χ0) is 14.4. The zero-order valence-electron chi connectivity index (χ0n) is 11.9. The van der Waals surface area contributed by atoms with Gasteiger partial charge in [-0.15, -0.1) is 0 Å². The van der Waals surface area contributed by atoms with Crippen molar-refractivity contribution < 1.29 is 9.18 Å². The third-order valence-electron chi connectivity index (χ3n) is 3.56. The predicted octanol–water partition coefficient (Wildman–Crippen LogP) is 2.68. The molecule has 20 heavy (non-hydrogen) atoms. The van der Waals surface area contributed by atoms with Crippen LogP contribution in [0, 0.1) is 11.7 Å². The van der Waals surface area contributed by atoms with Crippen molar-refractivity contribution >= 4 is 11.7 Å². The number of nitrogens with one attached hydrogen (secondary N) is 2. The largest absolute Gasteiger partial charge is 0.338 e. The van der Waals surface area contributed by atoms with E-state index in [1.807, 2.05) is 0 Å². The van der Waals surface area contributed by atoms with E-state index in [4.69, 9.17) is 0 Å². The van der Waals surface area contributed by atoms with Crippen molar-refractivity contribution in [1.82, 2.24) is 10.2 Å². The van der Waals surface area contributed by atoms with E-state index in [1.54, 1.807) is 12.1 Å². The fraction of sp³-hybridized carbons (Fsp3) is 0.533. The number of urea groups is 1. The van der Waals surface area contributed by atoms with Crippen LogP contribution in [-0.4, -0.2) is 37.1 Å². The molecule has 0 bridgehead atoms. The van der Waals surface area contributed by atoms with Crippen LogP contribution in [0.3, 0.4) is 0 Å². The van der Waals surface area contributed by atoms with Crippen molar-refractivity contribution in [3.8, 4) is 0 Å². The van der Waals surface area contributed by atoms with Gasteiger partial charge in [0.1, 0.15) is 5.82 Å². The van der Waals surface area contributed by atoms with Crippen LogP contribution < -0.4 is 10.6 Å². The second-order valence-electron chi connectivity index (χ2n) is 5.30. The number of carbonyl (C=O) groups excluding carboxylic acids is 1. The van der Waals surface area contributed by atoms with Gasteiger partial charge >= 0.3 is 6.03 Å². The average Bonchev–Trinajstić information content (AvgIpc) is 2.87. The lowest BCUT2D eigenvalue weighted by Crippen LogP contribution is -2.34. The molecule has 1 aliphatic heterocycles. The number of hydrogen-bond acceptors (Lipinski definition) is 2. The van der Waals surface area contributed by atoms with Gasteiger partial charge in [0.25, 0.3) is 0 Å². The number of hydrogen-bond donors (Lipinski definition) is 2. The summed E-state index contributed by atoms with van der Waals surface area (Å²) >= 11 is 0. The van der Waals surface area contributed by atoms with E-state index < -0.39 is 0 Å². The molecule has 0 aliphatic carbocycles. The van der Waals surface area contributed by atoms with Crippen LogP contribution in [0.15, 0.2) is 24.3 Å². The molecule has 1 aromatic rings. The molecule has 1 aliphatic rings. The third kappa shape index (κ3) is 4.49. The minimum atomic E-state index is -0.307. The zero-order valence-corrected chi connectivity index (χ0v) is 11.9. The summed E-state index contributed by atoms with van der Waals surface area (Å²) < 4.78 is 12.7. The van der Waals surface area contributed by atoms with Crippen molar-refractivity contribution in [1.29, 1.82) is 0 Å². The molecule has 1 saturated heterocycles. The first-order chi connectivity index (χ1) is 9.67. The van der Waals surface area contributed by atoms with Crippen LogP contribution in [0.25, 0.3) is 0 Å². The van der Waals surface area contributed by atoms with E-state index in [2.05, 4.69) is 22.5 Å². The maximum Gasteiger partial charge on any atom is 0.319 e. The number of rotatable bonds is 5. The first-order valence-corrected chi connectivity index (χ1v) is 7.20. The van der Waals surface area contributed by atoms with Gasteiger partial charge in [-0.25, -0.2) is 9.18 Å². The Morgan fingerprint density at radius 3 is 2.85 bits per heavy atom. The van der Waals surface area contributed by atoms with Gasteiger partial charge in [-0.1, -0.05) is 6.92 Å². The molecule has 1 fully saturated rings. The highest BCUT2D eigenvalue weighted by Crippen LogP contribution is 2.15. The number of nitrogens with zero attached hydrogens (tertiary/aromatic N) is 1. The van der Waals surface area contributed by atoms with Gasteiger partial charge in [-0.05, 0) is 56.1 Å². The topological polar surface area (TPSA) is 44.4 Å². The average molecular weight is 279 g/mol. The second kappa shape index (κ2) is 7.24. The molecule has 2 rings (SSSR count). The predicted molar refractivity (Wildman–Crippen MR) is 78.3 cm³/mol. The van der Waals surface area contributed by atoms with Crippen molar-refractivity contribution in [2.75, 3.05) is 31.5 Å². The van der Waals surface area contributed by atoms with Gasteiger partial charge in [0.2, 0.25) is 0 Å².